The minimum absolute atomic E-state index is 0.0154. The van der Waals surface area contributed by atoms with E-state index in [1.54, 1.807) is 19.1 Å². The molecule has 0 radical (unpaired) electrons. The predicted molar refractivity (Wildman–Crippen MR) is 109 cm³/mol. The maximum absolute atomic E-state index is 12.3. The van der Waals surface area contributed by atoms with Gasteiger partial charge in [-0.1, -0.05) is 24.3 Å². The molecule has 1 aliphatic rings. The lowest BCUT2D eigenvalue weighted by Crippen LogP contribution is -2.55. The summed E-state index contributed by atoms with van der Waals surface area (Å²) in [5.41, 5.74) is 2.10. The van der Waals surface area contributed by atoms with E-state index >= 15 is 0 Å². The summed E-state index contributed by atoms with van der Waals surface area (Å²) in [5.74, 6) is 1.53. The summed E-state index contributed by atoms with van der Waals surface area (Å²) in [4.78, 5) is 14.1. The summed E-state index contributed by atoms with van der Waals surface area (Å²) in [5, 5.41) is 13.2. The lowest BCUT2D eigenvalue weighted by atomic mass is 10.1. The Morgan fingerprint density at radius 3 is 2.21 bits per heavy atom. The van der Waals surface area contributed by atoms with Crippen LogP contribution in [0.1, 0.15) is 11.1 Å². The van der Waals surface area contributed by atoms with Crippen LogP contribution in [0, 0.1) is 0 Å². The lowest BCUT2D eigenvalue weighted by Gasteiger charge is -2.36. The van der Waals surface area contributed by atoms with Crippen LogP contribution in [0.2, 0.25) is 0 Å². The van der Waals surface area contributed by atoms with Gasteiger partial charge in [0.25, 0.3) is 0 Å². The Labute approximate surface area is 171 Å². The summed E-state index contributed by atoms with van der Waals surface area (Å²) in [6.07, 6.45) is -0.283. The fourth-order valence-electron chi connectivity index (χ4n) is 3.29. The molecule has 1 heterocycles. The molecule has 3 rings (SSSR count). The molecule has 0 saturated carbocycles. The minimum Gasteiger partial charge on any atom is -0.497 e. The van der Waals surface area contributed by atoms with E-state index in [9.17, 15) is 9.90 Å². The number of hydrogen-bond donors (Lipinski definition) is 2. The van der Waals surface area contributed by atoms with E-state index in [-0.39, 0.29) is 31.3 Å². The van der Waals surface area contributed by atoms with Crippen molar-refractivity contribution in [1.82, 2.24) is 10.2 Å². The fraction of sp³-hybridized carbons (Fsp3) is 0.409. The van der Waals surface area contributed by atoms with Crippen LogP contribution in [-0.2, 0) is 22.6 Å². The number of aliphatic hydroxyl groups is 1. The number of hydrogen-bond acceptors (Lipinski definition) is 6. The van der Waals surface area contributed by atoms with Crippen molar-refractivity contribution in [1.29, 1.82) is 0 Å². The van der Waals surface area contributed by atoms with Crippen LogP contribution in [0.25, 0.3) is 0 Å². The van der Waals surface area contributed by atoms with Gasteiger partial charge in [0.2, 0.25) is 5.91 Å². The number of rotatable bonds is 9. The highest BCUT2D eigenvalue weighted by atomic mass is 16.5. The van der Waals surface area contributed by atoms with Crippen molar-refractivity contribution in [3.63, 3.8) is 0 Å². The van der Waals surface area contributed by atoms with Gasteiger partial charge in [0.1, 0.15) is 18.1 Å². The molecule has 2 N–H and O–H groups in total. The highest BCUT2D eigenvalue weighted by Crippen LogP contribution is 2.17. The van der Waals surface area contributed by atoms with Gasteiger partial charge < -0.3 is 29.5 Å². The molecular weight excluding hydrogens is 372 g/mol. The van der Waals surface area contributed by atoms with Crippen LogP contribution >= 0.6 is 0 Å². The number of methoxy groups -OCH3 is 2. The Hall–Kier alpha value is -2.61. The minimum atomic E-state index is -0.283. The zero-order valence-corrected chi connectivity index (χ0v) is 16.8. The Bertz CT molecular complexity index is 779. The smallest absolute Gasteiger partial charge is 0.248 e. The van der Waals surface area contributed by atoms with Gasteiger partial charge in [-0.05, 0) is 35.4 Å². The first kappa shape index (κ1) is 21.1. The Morgan fingerprint density at radius 1 is 1.07 bits per heavy atom. The molecule has 1 amide bonds. The number of amides is 1. The number of aliphatic hydroxyl groups excluding tert-OH is 1. The lowest BCUT2D eigenvalue weighted by molar-refractivity contribution is -0.152. The second-order valence-corrected chi connectivity index (χ2v) is 6.99. The number of morpholine rings is 1. The summed E-state index contributed by atoms with van der Waals surface area (Å²) in [7, 11) is 3.26. The van der Waals surface area contributed by atoms with Crippen LogP contribution in [-0.4, -0.2) is 62.0 Å². The second kappa shape index (κ2) is 10.2. The van der Waals surface area contributed by atoms with Gasteiger partial charge in [-0.2, -0.15) is 0 Å². The second-order valence-electron chi connectivity index (χ2n) is 6.99. The molecule has 2 aromatic rings. The van der Waals surface area contributed by atoms with Crippen molar-refractivity contribution in [2.24, 2.45) is 0 Å². The maximum Gasteiger partial charge on any atom is 0.248 e. The summed E-state index contributed by atoms with van der Waals surface area (Å²) < 4.78 is 16.1. The van der Waals surface area contributed by atoms with E-state index in [2.05, 4.69) is 5.32 Å². The van der Waals surface area contributed by atoms with E-state index < -0.39 is 0 Å². The van der Waals surface area contributed by atoms with E-state index in [0.29, 0.717) is 19.6 Å². The first-order valence-corrected chi connectivity index (χ1v) is 9.62. The number of carbonyl (C=O) groups is 1. The molecule has 7 nitrogen and oxygen atoms in total. The van der Waals surface area contributed by atoms with Gasteiger partial charge in [0.15, 0.2) is 0 Å². The van der Waals surface area contributed by atoms with Crippen molar-refractivity contribution in [3.8, 4) is 11.5 Å². The SMILES string of the molecule is COc1ccc(CN[C@H](CO)[C@@H]2CN(Cc3ccc(OC)cc3)C(=O)CO2)cc1. The van der Waals surface area contributed by atoms with Crippen LogP contribution in [0.15, 0.2) is 48.5 Å². The zero-order chi connectivity index (χ0) is 20.6. The standard InChI is InChI=1S/C22H28N2O5/c1-27-18-7-3-16(4-8-18)11-23-20(14-25)21-13-24(22(26)15-29-21)12-17-5-9-19(28-2)10-6-17/h3-10,20-21,23,25H,11-15H2,1-2H3/t20-,21+/m1/s1. The molecule has 0 aromatic heterocycles. The van der Waals surface area contributed by atoms with Crippen molar-refractivity contribution < 1.29 is 24.1 Å². The molecule has 2 atom stereocenters. The molecule has 1 aliphatic heterocycles. The molecule has 7 heteroatoms. The van der Waals surface area contributed by atoms with Gasteiger partial charge in [-0.15, -0.1) is 0 Å². The third kappa shape index (κ3) is 5.69. The van der Waals surface area contributed by atoms with Gasteiger partial charge >= 0.3 is 0 Å². The van der Waals surface area contributed by atoms with Gasteiger partial charge in [-0.3, -0.25) is 4.79 Å². The zero-order valence-electron chi connectivity index (χ0n) is 16.8. The maximum atomic E-state index is 12.3. The molecule has 2 aromatic carbocycles. The number of carbonyl (C=O) groups excluding carboxylic acids is 1. The van der Waals surface area contributed by atoms with E-state index in [1.807, 2.05) is 48.5 Å². The normalized spacial score (nSPS) is 17.8. The molecule has 0 unspecified atom stereocenters. The third-order valence-electron chi connectivity index (χ3n) is 5.08. The highest BCUT2D eigenvalue weighted by Gasteiger charge is 2.31. The monoisotopic (exact) mass is 400 g/mol. The molecule has 1 fully saturated rings. The predicted octanol–water partition coefficient (Wildman–Crippen LogP) is 1.58. The molecule has 1 saturated heterocycles. The number of benzene rings is 2. The van der Waals surface area contributed by atoms with Gasteiger partial charge in [-0.25, -0.2) is 0 Å². The topological polar surface area (TPSA) is 80.3 Å². The van der Waals surface area contributed by atoms with Crippen molar-refractivity contribution in [3.05, 3.63) is 59.7 Å². The quantitative estimate of drug-likeness (QED) is 0.665. The average molecular weight is 400 g/mol. The van der Waals surface area contributed by atoms with E-state index in [4.69, 9.17) is 14.2 Å². The molecule has 156 valence electrons. The highest BCUT2D eigenvalue weighted by molar-refractivity contribution is 5.78. The van der Waals surface area contributed by atoms with Crippen LogP contribution in [0.3, 0.4) is 0 Å². The number of ether oxygens (including phenoxy) is 3. The van der Waals surface area contributed by atoms with Crippen LogP contribution < -0.4 is 14.8 Å². The Balaban J connectivity index is 1.58. The Morgan fingerprint density at radius 2 is 1.66 bits per heavy atom. The molecule has 0 spiro atoms. The first-order valence-electron chi connectivity index (χ1n) is 9.62. The summed E-state index contributed by atoms with van der Waals surface area (Å²) in [6, 6.07) is 15.1. The van der Waals surface area contributed by atoms with Crippen molar-refractivity contribution in [2.75, 3.05) is 34.0 Å². The molecule has 29 heavy (non-hydrogen) atoms. The van der Waals surface area contributed by atoms with E-state index in [0.717, 1.165) is 22.6 Å². The van der Waals surface area contributed by atoms with Crippen LogP contribution in [0.4, 0.5) is 0 Å². The largest absolute Gasteiger partial charge is 0.497 e. The number of nitrogens with zero attached hydrogens (tertiary/aromatic N) is 1. The third-order valence-corrected chi connectivity index (χ3v) is 5.08. The summed E-state index contributed by atoms with van der Waals surface area (Å²) >= 11 is 0. The average Bonchev–Trinajstić information content (AvgIpc) is 2.77. The van der Waals surface area contributed by atoms with Crippen molar-refractivity contribution >= 4 is 5.91 Å². The van der Waals surface area contributed by atoms with Crippen LogP contribution in [0.5, 0.6) is 11.5 Å². The first-order chi connectivity index (χ1) is 14.1. The van der Waals surface area contributed by atoms with Gasteiger partial charge in [0.05, 0.1) is 33.0 Å². The van der Waals surface area contributed by atoms with E-state index in [1.165, 1.54) is 0 Å². The molecule has 0 bridgehead atoms. The van der Waals surface area contributed by atoms with Gasteiger partial charge in [0, 0.05) is 19.6 Å². The summed E-state index contributed by atoms with van der Waals surface area (Å²) in [6.45, 7) is 1.44. The van der Waals surface area contributed by atoms with Crippen molar-refractivity contribution in [2.45, 2.75) is 25.2 Å². The molecule has 0 aliphatic carbocycles. The number of nitrogens with one attached hydrogen (secondary N) is 1. The molecular formula is C22H28N2O5. The Kier molecular flexibility index (Phi) is 7.46. The fourth-order valence-corrected chi connectivity index (χ4v) is 3.29.